The Kier molecular flexibility index (Phi) is 7.28. The minimum absolute atomic E-state index is 1.10. The smallest absolute Gasteiger partial charge is 0.353 e. The molecule has 0 fully saturated rings. The molecular formula is C16H26O16. The molecule has 0 saturated heterocycles. The molecule has 186 valence electrons. The molecule has 0 heterocycles. The lowest BCUT2D eigenvalue weighted by Crippen LogP contribution is -2.87. The lowest BCUT2D eigenvalue weighted by molar-refractivity contribution is -0.610. The van der Waals surface area contributed by atoms with Gasteiger partial charge in [-0.05, 0) is 5.41 Å². The zero-order chi connectivity index (χ0) is 25.6. The number of hydrogen-bond donors (Lipinski definition) is 8. The average molecular weight is 474 g/mol. The number of carbonyl (C=O) groups is 2. The highest BCUT2D eigenvalue weighted by Gasteiger charge is 2.93. The Labute approximate surface area is 179 Å². The van der Waals surface area contributed by atoms with Crippen LogP contribution in [0.15, 0.2) is 11.5 Å². The Bertz CT molecular complexity index is 774. The topological polar surface area (TPSA) is 251 Å². The predicted molar refractivity (Wildman–Crippen MR) is 94.1 cm³/mol. The van der Waals surface area contributed by atoms with Crippen LogP contribution in [0.1, 0.15) is 41.5 Å². The van der Waals surface area contributed by atoms with Gasteiger partial charge in [0, 0.05) is 5.41 Å². The van der Waals surface area contributed by atoms with Crippen molar-refractivity contribution in [2.75, 3.05) is 0 Å². The standard InChI is InChI=1S/C16H26O16/c1-11(2,3)13(9(17)18)7(27-21)8(28-22)14(29-23,10(19)20)16(31-25,32-26)15(13,30-24)12(4,5)6/h21-26H,1-6H3,(H,17,18)(H,19,20). The Hall–Kier alpha value is -2.12. The number of aliphatic carboxylic acids is 2. The third kappa shape index (κ3) is 2.67. The van der Waals surface area contributed by atoms with Gasteiger partial charge in [0.1, 0.15) is 0 Å². The number of carboxylic acid groups (broad SMARTS) is 2. The monoisotopic (exact) mass is 474 g/mol. The average Bonchev–Trinajstić information content (AvgIpc) is 2.68. The summed E-state index contributed by atoms with van der Waals surface area (Å²) in [5, 5.41) is 78.9. The van der Waals surface area contributed by atoms with Crippen LogP contribution in [0.2, 0.25) is 0 Å². The Morgan fingerprint density at radius 3 is 1.28 bits per heavy atom. The molecule has 1 aliphatic carbocycles. The van der Waals surface area contributed by atoms with E-state index < -0.39 is 56.7 Å². The minimum Gasteiger partial charge on any atom is -0.480 e. The number of rotatable bonds is 8. The van der Waals surface area contributed by atoms with Crippen LogP contribution in [-0.2, 0) is 38.9 Å². The van der Waals surface area contributed by atoms with Gasteiger partial charge in [0.05, 0.1) is 0 Å². The molecule has 0 amide bonds. The summed E-state index contributed by atoms with van der Waals surface area (Å²) in [4.78, 5) is 49.9. The molecule has 16 nitrogen and oxygen atoms in total. The van der Waals surface area contributed by atoms with Crippen LogP contribution in [0.3, 0.4) is 0 Å². The first-order chi connectivity index (χ1) is 14.5. The van der Waals surface area contributed by atoms with E-state index in [0.29, 0.717) is 0 Å². The van der Waals surface area contributed by atoms with Gasteiger partial charge in [0.15, 0.2) is 11.0 Å². The van der Waals surface area contributed by atoms with E-state index in [1.807, 2.05) is 0 Å². The lowest BCUT2D eigenvalue weighted by Gasteiger charge is -2.65. The molecule has 32 heavy (non-hydrogen) atoms. The quantitative estimate of drug-likeness (QED) is 0.141. The van der Waals surface area contributed by atoms with Gasteiger partial charge in [-0.15, -0.1) is 0 Å². The van der Waals surface area contributed by atoms with Crippen LogP contribution < -0.4 is 0 Å². The van der Waals surface area contributed by atoms with Crippen molar-refractivity contribution in [3.8, 4) is 0 Å². The summed E-state index contributed by atoms with van der Waals surface area (Å²) >= 11 is 0. The molecular weight excluding hydrogens is 448 g/mol. The summed E-state index contributed by atoms with van der Waals surface area (Å²) in [6, 6.07) is 0. The summed E-state index contributed by atoms with van der Waals surface area (Å²) in [6.07, 6.45) is 0. The molecule has 0 aromatic carbocycles. The molecule has 1 rings (SSSR count). The predicted octanol–water partition coefficient (Wildman–Crippen LogP) is 1.57. The molecule has 0 aromatic rings. The van der Waals surface area contributed by atoms with Crippen molar-refractivity contribution < 1.29 is 80.7 Å². The molecule has 3 unspecified atom stereocenters. The van der Waals surface area contributed by atoms with Crippen LogP contribution >= 0.6 is 0 Å². The first kappa shape index (κ1) is 27.9. The van der Waals surface area contributed by atoms with Crippen LogP contribution in [-0.4, -0.2) is 70.7 Å². The first-order valence-electron chi connectivity index (χ1n) is 8.68. The molecule has 3 atom stereocenters. The number of carboxylic acids is 2. The van der Waals surface area contributed by atoms with Crippen molar-refractivity contribution in [3.05, 3.63) is 11.5 Å². The Morgan fingerprint density at radius 1 is 0.656 bits per heavy atom. The summed E-state index contributed by atoms with van der Waals surface area (Å²) in [5.41, 5.74) is -14.5. The summed E-state index contributed by atoms with van der Waals surface area (Å²) in [7, 11) is 0. The maximum atomic E-state index is 12.9. The van der Waals surface area contributed by atoms with Crippen LogP contribution in [0.5, 0.6) is 0 Å². The van der Waals surface area contributed by atoms with Crippen molar-refractivity contribution in [1.82, 2.24) is 0 Å². The molecule has 0 bridgehead atoms. The van der Waals surface area contributed by atoms with Gasteiger partial charge in [0.2, 0.25) is 11.5 Å². The summed E-state index contributed by atoms with van der Waals surface area (Å²) in [6.45, 7) is 6.76. The molecule has 8 N–H and O–H groups in total. The van der Waals surface area contributed by atoms with E-state index in [1.165, 1.54) is 0 Å². The zero-order valence-corrected chi connectivity index (χ0v) is 17.8. The third-order valence-corrected chi connectivity index (χ3v) is 5.84. The van der Waals surface area contributed by atoms with Crippen molar-refractivity contribution in [2.45, 2.75) is 58.5 Å². The van der Waals surface area contributed by atoms with E-state index in [-0.39, 0.29) is 0 Å². The highest BCUT2D eigenvalue weighted by atomic mass is 17.3. The molecule has 0 saturated carbocycles. The molecule has 0 radical (unpaired) electrons. The van der Waals surface area contributed by atoms with Crippen LogP contribution in [0, 0.1) is 16.2 Å². The van der Waals surface area contributed by atoms with E-state index in [4.69, 9.17) is 0 Å². The van der Waals surface area contributed by atoms with E-state index in [1.54, 1.807) is 0 Å². The largest absolute Gasteiger partial charge is 0.480 e. The zero-order valence-electron chi connectivity index (χ0n) is 17.8. The maximum Gasteiger partial charge on any atom is 0.353 e. The normalized spacial score (nSPS) is 30.8. The SMILES string of the molecule is CC(C)(C)C1(C(=O)O)C(OO)=C(OO)C(OO)(C(=O)O)C(OO)(OO)C1(OO)C(C)(C)C. The highest BCUT2D eigenvalue weighted by Crippen LogP contribution is 2.70. The number of hydrogen-bond acceptors (Lipinski definition) is 14. The van der Waals surface area contributed by atoms with Gasteiger partial charge < -0.3 is 20.0 Å². The third-order valence-electron chi connectivity index (χ3n) is 5.84. The van der Waals surface area contributed by atoms with Crippen LogP contribution in [0.25, 0.3) is 0 Å². The van der Waals surface area contributed by atoms with Crippen molar-refractivity contribution in [1.29, 1.82) is 0 Å². The van der Waals surface area contributed by atoms with Crippen molar-refractivity contribution in [3.63, 3.8) is 0 Å². The Morgan fingerprint density at radius 2 is 1.09 bits per heavy atom. The molecule has 1 aliphatic rings. The molecule has 0 aromatic heterocycles. The molecule has 0 spiro atoms. The second kappa shape index (κ2) is 8.34. The summed E-state index contributed by atoms with van der Waals surface area (Å²) < 4.78 is 0. The Balaban J connectivity index is 4.91. The van der Waals surface area contributed by atoms with Crippen molar-refractivity contribution in [2.24, 2.45) is 16.2 Å². The second-order valence-corrected chi connectivity index (χ2v) is 9.05. The van der Waals surface area contributed by atoms with Gasteiger partial charge in [-0.25, -0.2) is 40.9 Å². The fourth-order valence-corrected chi connectivity index (χ4v) is 4.76. The van der Waals surface area contributed by atoms with Gasteiger partial charge in [-0.1, -0.05) is 41.5 Å². The molecule has 16 heteroatoms. The van der Waals surface area contributed by atoms with Gasteiger partial charge in [-0.2, -0.15) is 9.78 Å². The lowest BCUT2D eigenvalue weighted by atomic mass is 9.43. The second-order valence-electron chi connectivity index (χ2n) is 9.05. The van der Waals surface area contributed by atoms with Crippen LogP contribution in [0.4, 0.5) is 0 Å². The molecule has 0 aliphatic heterocycles. The highest BCUT2D eigenvalue weighted by molar-refractivity contribution is 5.89. The fraction of sp³-hybridized carbons (Fsp3) is 0.750. The van der Waals surface area contributed by atoms with E-state index in [2.05, 4.69) is 29.3 Å². The van der Waals surface area contributed by atoms with E-state index in [9.17, 15) is 51.3 Å². The van der Waals surface area contributed by atoms with Gasteiger partial charge in [0.25, 0.3) is 0 Å². The first-order valence-corrected chi connectivity index (χ1v) is 8.68. The fourth-order valence-electron chi connectivity index (χ4n) is 4.76. The van der Waals surface area contributed by atoms with Gasteiger partial charge >= 0.3 is 23.3 Å². The van der Waals surface area contributed by atoms with E-state index in [0.717, 1.165) is 41.5 Å². The maximum absolute atomic E-state index is 12.9. The summed E-state index contributed by atoms with van der Waals surface area (Å²) in [5.74, 6) is -11.9. The van der Waals surface area contributed by atoms with Gasteiger partial charge in [-0.3, -0.25) is 10.1 Å². The minimum atomic E-state index is -4.03. The van der Waals surface area contributed by atoms with Crippen molar-refractivity contribution >= 4 is 11.9 Å². The van der Waals surface area contributed by atoms with E-state index >= 15 is 0 Å².